The number of hydrogen-bond donors (Lipinski definition) is 0. The molecule has 1 fully saturated rings. The molecule has 2 aromatic rings. The van der Waals surface area contributed by atoms with Crippen LogP contribution < -0.4 is 0 Å². The van der Waals surface area contributed by atoms with Gasteiger partial charge in [0.1, 0.15) is 11.1 Å². The van der Waals surface area contributed by atoms with Crippen molar-refractivity contribution in [1.29, 1.82) is 0 Å². The number of benzene rings is 1. The quantitative estimate of drug-likeness (QED) is 0.548. The molecule has 6 nitrogen and oxygen atoms in total. The first-order valence-corrected chi connectivity index (χ1v) is 9.98. The minimum absolute atomic E-state index is 0.248. The second kappa shape index (κ2) is 9.19. The second-order valence-corrected chi connectivity index (χ2v) is 7.90. The van der Waals surface area contributed by atoms with Crippen LogP contribution >= 0.6 is 11.8 Å². The summed E-state index contributed by atoms with van der Waals surface area (Å²) in [4.78, 5) is 14.2. The molecule has 0 N–H and O–H groups in total. The topological polar surface area (TPSA) is 60.2 Å². The number of likely N-dealkylation sites (tertiary alicyclic amines) is 1. The molecular formula is C19H26N4O2S. The van der Waals surface area contributed by atoms with Gasteiger partial charge >= 0.3 is 5.97 Å². The molecule has 0 saturated carbocycles. The first kappa shape index (κ1) is 18.9. The monoisotopic (exact) mass is 374 g/mol. The van der Waals surface area contributed by atoms with Crippen molar-refractivity contribution in [3.8, 4) is 0 Å². The van der Waals surface area contributed by atoms with Gasteiger partial charge in [0.15, 0.2) is 5.16 Å². The van der Waals surface area contributed by atoms with Crippen LogP contribution in [0.3, 0.4) is 0 Å². The first-order valence-electron chi connectivity index (χ1n) is 9.10. The molecule has 0 amide bonds. The molecule has 1 unspecified atom stereocenters. The third-order valence-corrected chi connectivity index (χ3v) is 5.66. The molecule has 0 spiro atoms. The lowest BCUT2D eigenvalue weighted by Gasteiger charge is -2.26. The van der Waals surface area contributed by atoms with Gasteiger partial charge < -0.3 is 9.30 Å². The summed E-state index contributed by atoms with van der Waals surface area (Å²) in [5, 5.41) is 9.26. The maximum atomic E-state index is 11.8. The smallest absolute Gasteiger partial charge is 0.318 e. The van der Waals surface area contributed by atoms with E-state index in [9.17, 15) is 4.79 Å². The van der Waals surface area contributed by atoms with Gasteiger partial charge in [-0.2, -0.15) is 0 Å². The Balaban J connectivity index is 1.82. The molecule has 0 bridgehead atoms. The molecule has 2 heterocycles. The fourth-order valence-corrected chi connectivity index (χ4v) is 4.03. The fraction of sp³-hybridized carbons (Fsp3) is 0.526. The Kier molecular flexibility index (Phi) is 6.68. The molecule has 7 heteroatoms. The Hall–Kier alpha value is -1.86. The van der Waals surface area contributed by atoms with Crippen LogP contribution in [0.25, 0.3) is 0 Å². The van der Waals surface area contributed by atoms with Crippen LogP contribution in [0, 0.1) is 0 Å². The van der Waals surface area contributed by atoms with Crippen molar-refractivity contribution in [1.82, 2.24) is 19.7 Å². The van der Waals surface area contributed by atoms with E-state index in [1.807, 2.05) is 25.1 Å². The molecule has 26 heavy (non-hydrogen) atoms. The summed E-state index contributed by atoms with van der Waals surface area (Å²) in [7, 11) is 1.41. The van der Waals surface area contributed by atoms with E-state index < -0.39 is 0 Å². The number of ether oxygens (including phenoxy) is 1. The number of nitrogens with zero attached hydrogens (tertiary/aromatic N) is 4. The third kappa shape index (κ3) is 4.86. The van der Waals surface area contributed by atoms with Crippen molar-refractivity contribution in [3.63, 3.8) is 0 Å². The number of piperidine rings is 1. The number of methoxy groups -OCH3 is 1. The minimum atomic E-state index is -0.318. The van der Waals surface area contributed by atoms with Gasteiger partial charge in [-0.1, -0.05) is 48.5 Å². The number of aromatic nitrogens is 3. The molecule has 1 saturated heterocycles. The molecule has 1 aromatic heterocycles. The van der Waals surface area contributed by atoms with Crippen molar-refractivity contribution in [3.05, 3.63) is 41.7 Å². The Morgan fingerprint density at radius 2 is 1.88 bits per heavy atom. The van der Waals surface area contributed by atoms with Crippen molar-refractivity contribution in [2.45, 2.75) is 49.7 Å². The van der Waals surface area contributed by atoms with E-state index in [4.69, 9.17) is 4.74 Å². The van der Waals surface area contributed by atoms with Crippen molar-refractivity contribution >= 4 is 17.7 Å². The summed E-state index contributed by atoms with van der Waals surface area (Å²) >= 11 is 1.40. The Morgan fingerprint density at radius 3 is 2.58 bits per heavy atom. The lowest BCUT2D eigenvalue weighted by molar-refractivity contribution is -0.139. The van der Waals surface area contributed by atoms with E-state index in [-0.39, 0.29) is 11.2 Å². The largest absolute Gasteiger partial charge is 0.468 e. The molecular weight excluding hydrogens is 348 g/mol. The van der Waals surface area contributed by atoms with Gasteiger partial charge in [-0.15, -0.1) is 10.2 Å². The highest BCUT2D eigenvalue weighted by atomic mass is 32.2. The van der Waals surface area contributed by atoms with Crippen LogP contribution in [0.15, 0.2) is 35.5 Å². The standard InChI is InChI=1S/C19H26N4O2S/c1-15(18(24)25-2)26-19-21-20-17(14-22-11-7-4-8-12-22)23(19)13-16-9-5-3-6-10-16/h3,5-6,9-10,15H,4,7-8,11-14H2,1-2H3. The number of carbonyl (C=O) groups excluding carboxylic acids is 1. The van der Waals surface area contributed by atoms with Crippen LogP contribution in [0.4, 0.5) is 0 Å². The number of carbonyl (C=O) groups is 1. The maximum absolute atomic E-state index is 11.8. The van der Waals surface area contributed by atoms with Crippen molar-refractivity contribution in [2.24, 2.45) is 0 Å². The molecule has 0 radical (unpaired) electrons. The Labute approximate surface area is 158 Å². The van der Waals surface area contributed by atoms with E-state index in [1.165, 1.54) is 43.7 Å². The third-order valence-electron chi connectivity index (χ3n) is 4.61. The van der Waals surface area contributed by atoms with E-state index in [0.717, 1.165) is 30.6 Å². The number of thioether (sulfide) groups is 1. The number of hydrogen-bond acceptors (Lipinski definition) is 6. The van der Waals surface area contributed by atoms with Crippen molar-refractivity contribution < 1.29 is 9.53 Å². The Bertz CT molecular complexity index is 714. The highest BCUT2D eigenvalue weighted by Gasteiger charge is 2.22. The lowest BCUT2D eigenvalue weighted by atomic mass is 10.1. The molecule has 1 aliphatic heterocycles. The summed E-state index contributed by atoms with van der Waals surface area (Å²) in [6.45, 7) is 5.56. The highest BCUT2D eigenvalue weighted by molar-refractivity contribution is 8.00. The van der Waals surface area contributed by atoms with E-state index in [0.29, 0.717) is 6.54 Å². The molecule has 1 aromatic carbocycles. The van der Waals surface area contributed by atoms with Crippen LogP contribution in [0.2, 0.25) is 0 Å². The predicted octanol–water partition coefficient (Wildman–Crippen LogP) is 2.97. The van der Waals surface area contributed by atoms with Gasteiger partial charge in [0.2, 0.25) is 0 Å². The zero-order chi connectivity index (χ0) is 18.4. The normalized spacial score (nSPS) is 16.4. The minimum Gasteiger partial charge on any atom is -0.468 e. The summed E-state index contributed by atoms with van der Waals surface area (Å²) < 4.78 is 6.98. The van der Waals surface area contributed by atoms with Gasteiger partial charge in [0, 0.05) is 0 Å². The van der Waals surface area contributed by atoms with Gasteiger partial charge in [0.25, 0.3) is 0 Å². The Morgan fingerprint density at radius 1 is 1.15 bits per heavy atom. The molecule has 0 aliphatic carbocycles. The van der Waals surface area contributed by atoms with Gasteiger partial charge in [-0.3, -0.25) is 9.69 Å². The molecule has 3 rings (SSSR count). The number of esters is 1. The summed E-state index contributed by atoms with van der Waals surface area (Å²) in [6, 6.07) is 10.3. The highest BCUT2D eigenvalue weighted by Crippen LogP contribution is 2.25. The van der Waals surface area contributed by atoms with Gasteiger partial charge in [-0.05, 0) is 38.4 Å². The van der Waals surface area contributed by atoms with E-state index in [2.05, 4.69) is 31.8 Å². The second-order valence-electron chi connectivity index (χ2n) is 6.59. The average Bonchev–Trinajstić information content (AvgIpc) is 3.04. The fourth-order valence-electron chi connectivity index (χ4n) is 3.14. The van der Waals surface area contributed by atoms with E-state index in [1.54, 1.807) is 0 Å². The first-order chi connectivity index (χ1) is 12.7. The molecule has 1 atom stereocenters. The molecule has 140 valence electrons. The van der Waals surface area contributed by atoms with Crippen LogP contribution in [0.1, 0.15) is 37.6 Å². The maximum Gasteiger partial charge on any atom is 0.318 e. The number of rotatable bonds is 7. The zero-order valence-corrected chi connectivity index (χ0v) is 16.2. The predicted molar refractivity (Wildman–Crippen MR) is 102 cm³/mol. The summed E-state index contributed by atoms with van der Waals surface area (Å²) in [5.74, 6) is 0.706. The summed E-state index contributed by atoms with van der Waals surface area (Å²) in [6.07, 6.45) is 3.80. The van der Waals surface area contributed by atoms with Gasteiger partial charge in [-0.25, -0.2) is 0 Å². The lowest BCUT2D eigenvalue weighted by Crippen LogP contribution is -2.30. The van der Waals surface area contributed by atoms with Crippen LogP contribution in [-0.4, -0.2) is 51.1 Å². The molecule has 1 aliphatic rings. The average molecular weight is 375 g/mol. The van der Waals surface area contributed by atoms with Crippen LogP contribution in [0.5, 0.6) is 0 Å². The van der Waals surface area contributed by atoms with Crippen LogP contribution in [-0.2, 0) is 22.6 Å². The zero-order valence-electron chi connectivity index (χ0n) is 15.4. The van der Waals surface area contributed by atoms with Crippen molar-refractivity contribution in [2.75, 3.05) is 20.2 Å². The SMILES string of the molecule is COC(=O)C(C)Sc1nnc(CN2CCCCC2)n1Cc1ccccc1. The van der Waals surface area contributed by atoms with Gasteiger partial charge in [0.05, 0.1) is 20.2 Å². The van der Waals surface area contributed by atoms with E-state index >= 15 is 0 Å². The summed E-state index contributed by atoms with van der Waals surface area (Å²) in [5.41, 5.74) is 1.19.